The third-order valence-corrected chi connectivity index (χ3v) is 3.60. The molecule has 0 aliphatic heterocycles. The van der Waals surface area contributed by atoms with Gasteiger partial charge in [-0.2, -0.15) is 8.42 Å². The first-order chi connectivity index (χ1) is 7.79. The average molecular weight is 278 g/mol. The molecule has 0 heterocycles. The molecule has 17 heavy (non-hydrogen) atoms. The van der Waals surface area contributed by atoms with E-state index in [0.29, 0.717) is 17.9 Å². The zero-order valence-electron chi connectivity index (χ0n) is 9.56. The van der Waals surface area contributed by atoms with E-state index in [1.165, 1.54) is 0 Å². The third kappa shape index (κ3) is 5.04. The second-order valence-electron chi connectivity index (χ2n) is 4.06. The van der Waals surface area contributed by atoms with Gasteiger partial charge >= 0.3 is 0 Å². The minimum atomic E-state index is -3.91. The summed E-state index contributed by atoms with van der Waals surface area (Å²) in [5.74, 6) is -0.274. The van der Waals surface area contributed by atoms with Gasteiger partial charge in [-0.05, 0) is 37.0 Å². The van der Waals surface area contributed by atoms with Gasteiger partial charge in [-0.25, -0.2) is 0 Å². The summed E-state index contributed by atoms with van der Waals surface area (Å²) in [6.45, 7) is 1.93. The number of benzene rings is 1. The molecule has 0 spiro atoms. The second-order valence-corrected chi connectivity index (χ2v) is 6.04. The van der Waals surface area contributed by atoms with Gasteiger partial charge in [0.05, 0.1) is 5.75 Å². The van der Waals surface area contributed by atoms with E-state index in [-0.39, 0.29) is 11.8 Å². The number of hydrogen-bond donors (Lipinski definition) is 2. The molecule has 6 heteroatoms. The lowest BCUT2D eigenvalue weighted by Crippen LogP contribution is -2.13. The van der Waals surface area contributed by atoms with E-state index in [9.17, 15) is 8.42 Å². The molecule has 4 nitrogen and oxygen atoms in total. The summed E-state index contributed by atoms with van der Waals surface area (Å²) in [7, 11) is -3.91. The van der Waals surface area contributed by atoms with Crippen molar-refractivity contribution < 1.29 is 13.0 Å². The van der Waals surface area contributed by atoms with Gasteiger partial charge in [-0.3, -0.25) is 4.55 Å². The largest absolute Gasteiger partial charge is 0.324 e. The predicted octanol–water partition coefficient (Wildman–Crippen LogP) is 2.32. The third-order valence-electron chi connectivity index (χ3n) is 2.47. The fraction of sp³-hybridized carbons (Fsp3) is 0.455. The van der Waals surface area contributed by atoms with Crippen molar-refractivity contribution in [3.05, 3.63) is 34.3 Å². The molecule has 0 bridgehead atoms. The van der Waals surface area contributed by atoms with Crippen LogP contribution in [0.3, 0.4) is 0 Å². The topological polar surface area (TPSA) is 80.4 Å². The molecule has 1 aromatic rings. The highest BCUT2D eigenvalue weighted by Crippen LogP contribution is 2.25. The van der Waals surface area contributed by atoms with Crippen molar-refractivity contribution in [1.29, 1.82) is 0 Å². The standard InChI is InChI=1S/C11H16ClNO3S/c1-8-4-5-9(10(12)7-8)11(13)3-2-6-17(14,15)16/h4-5,7,11H,2-3,6,13H2,1H3,(H,14,15,16). The molecule has 0 saturated carbocycles. The van der Waals surface area contributed by atoms with Crippen molar-refractivity contribution in [2.24, 2.45) is 5.73 Å². The van der Waals surface area contributed by atoms with Crippen LogP contribution in [0.1, 0.15) is 30.0 Å². The van der Waals surface area contributed by atoms with Gasteiger partial charge < -0.3 is 5.73 Å². The van der Waals surface area contributed by atoms with Crippen molar-refractivity contribution in [3.8, 4) is 0 Å². The van der Waals surface area contributed by atoms with Gasteiger partial charge in [0.25, 0.3) is 10.1 Å². The Morgan fingerprint density at radius 3 is 2.65 bits per heavy atom. The molecule has 1 rings (SSSR count). The molecular formula is C11H16ClNO3S. The van der Waals surface area contributed by atoms with Crippen LogP contribution >= 0.6 is 11.6 Å². The normalized spacial score (nSPS) is 13.6. The van der Waals surface area contributed by atoms with Gasteiger partial charge in [0.15, 0.2) is 0 Å². The molecule has 0 radical (unpaired) electrons. The van der Waals surface area contributed by atoms with Crippen LogP contribution in [0.25, 0.3) is 0 Å². The molecule has 0 amide bonds. The highest BCUT2D eigenvalue weighted by molar-refractivity contribution is 7.85. The number of aryl methyl sites for hydroxylation is 1. The van der Waals surface area contributed by atoms with Gasteiger partial charge in [0.1, 0.15) is 0 Å². The Hall–Kier alpha value is -0.620. The summed E-state index contributed by atoms with van der Waals surface area (Å²) >= 11 is 6.05. The van der Waals surface area contributed by atoms with E-state index in [1.54, 1.807) is 0 Å². The van der Waals surface area contributed by atoms with Crippen LogP contribution in [0.4, 0.5) is 0 Å². The molecule has 1 atom stereocenters. The number of halogens is 1. The van der Waals surface area contributed by atoms with Crippen molar-refractivity contribution in [2.45, 2.75) is 25.8 Å². The van der Waals surface area contributed by atoms with Crippen molar-refractivity contribution in [2.75, 3.05) is 5.75 Å². The molecule has 3 N–H and O–H groups in total. The molecule has 0 fully saturated rings. The van der Waals surface area contributed by atoms with Crippen LogP contribution in [-0.2, 0) is 10.1 Å². The van der Waals surface area contributed by atoms with E-state index in [0.717, 1.165) is 11.1 Å². The summed E-state index contributed by atoms with van der Waals surface area (Å²) in [5, 5.41) is 0.587. The molecule has 0 saturated heterocycles. The summed E-state index contributed by atoms with van der Waals surface area (Å²) in [4.78, 5) is 0. The molecule has 1 unspecified atom stereocenters. The van der Waals surface area contributed by atoms with E-state index in [2.05, 4.69) is 0 Å². The van der Waals surface area contributed by atoms with E-state index < -0.39 is 10.1 Å². The Balaban J connectivity index is 2.61. The lowest BCUT2D eigenvalue weighted by molar-refractivity contribution is 0.478. The maximum Gasteiger partial charge on any atom is 0.264 e. The smallest absolute Gasteiger partial charge is 0.264 e. The van der Waals surface area contributed by atoms with Gasteiger partial charge in [0.2, 0.25) is 0 Å². The monoisotopic (exact) mass is 277 g/mol. The zero-order chi connectivity index (χ0) is 13.1. The van der Waals surface area contributed by atoms with Gasteiger partial charge in [0, 0.05) is 11.1 Å². The first-order valence-corrected chi connectivity index (χ1v) is 7.25. The van der Waals surface area contributed by atoms with Crippen LogP contribution in [-0.4, -0.2) is 18.7 Å². The second kappa shape index (κ2) is 5.82. The number of rotatable bonds is 5. The number of hydrogen-bond acceptors (Lipinski definition) is 3. The molecule has 96 valence electrons. The van der Waals surface area contributed by atoms with Gasteiger partial charge in [-0.15, -0.1) is 0 Å². The summed E-state index contributed by atoms with van der Waals surface area (Å²) in [5.41, 5.74) is 7.76. The Labute approximate surface area is 107 Å². The Morgan fingerprint density at radius 2 is 2.12 bits per heavy atom. The van der Waals surface area contributed by atoms with Crippen molar-refractivity contribution in [1.82, 2.24) is 0 Å². The highest BCUT2D eigenvalue weighted by atomic mass is 35.5. The molecule has 0 aromatic heterocycles. The summed E-state index contributed by atoms with van der Waals surface area (Å²) in [6, 6.07) is 5.25. The number of nitrogens with two attached hydrogens (primary N) is 1. The first kappa shape index (κ1) is 14.4. The van der Waals surface area contributed by atoms with Crippen molar-refractivity contribution >= 4 is 21.7 Å². The Kier molecular flexibility index (Phi) is 4.94. The molecular weight excluding hydrogens is 262 g/mol. The summed E-state index contributed by atoms with van der Waals surface area (Å²) < 4.78 is 29.7. The fourth-order valence-electron chi connectivity index (χ4n) is 1.57. The van der Waals surface area contributed by atoms with Crippen LogP contribution in [0.2, 0.25) is 5.02 Å². The fourth-order valence-corrected chi connectivity index (χ4v) is 2.48. The minimum Gasteiger partial charge on any atom is -0.324 e. The average Bonchev–Trinajstić information content (AvgIpc) is 2.15. The minimum absolute atomic E-state index is 0.274. The van der Waals surface area contributed by atoms with Crippen LogP contribution in [0.5, 0.6) is 0 Å². The Bertz CT molecular complexity index is 487. The van der Waals surface area contributed by atoms with E-state index in [4.69, 9.17) is 21.9 Å². The Morgan fingerprint density at radius 1 is 1.47 bits per heavy atom. The van der Waals surface area contributed by atoms with E-state index in [1.807, 2.05) is 25.1 Å². The van der Waals surface area contributed by atoms with Crippen LogP contribution in [0.15, 0.2) is 18.2 Å². The SMILES string of the molecule is Cc1ccc(C(N)CCCS(=O)(=O)O)c(Cl)c1. The lowest BCUT2D eigenvalue weighted by atomic mass is 10.0. The molecule has 1 aromatic carbocycles. The predicted molar refractivity (Wildman–Crippen MR) is 68.8 cm³/mol. The van der Waals surface area contributed by atoms with Crippen molar-refractivity contribution in [3.63, 3.8) is 0 Å². The first-order valence-electron chi connectivity index (χ1n) is 5.26. The lowest BCUT2D eigenvalue weighted by Gasteiger charge is -2.13. The zero-order valence-corrected chi connectivity index (χ0v) is 11.1. The highest BCUT2D eigenvalue weighted by Gasteiger charge is 2.12. The summed E-state index contributed by atoms with van der Waals surface area (Å²) in [6.07, 6.45) is 0.771. The van der Waals surface area contributed by atoms with Gasteiger partial charge in [-0.1, -0.05) is 23.7 Å². The van der Waals surface area contributed by atoms with Crippen LogP contribution < -0.4 is 5.73 Å². The van der Waals surface area contributed by atoms with E-state index >= 15 is 0 Å². The maximum absolute atomic E-state index is 10.5. The van der Waals surface area contributed by atoms with Crippen LogP contribution in [0, 0.1) is 6.92 Å². The molecule has 0 aliphatic carbocycles. The molecule has 0 aliphatic rings. The quantitative estimate of drug-likeness (QED) is 0.810. The maximum atomic E-state index is 10.5.